The van der Waals surface area contributed by atoms with Crippen molar-refractivity contribution in [2.24, 2.45) is 0 Å². The molecule has 1 aromatic carbocycles. The molecule has 2 aromatic heterocycles. The van der Waals surface area contributed by atoms with Crippen LogP contribution in [0.4, 0.5) is 0 Å². The monoisotopic (exact) mass is 380 g/mol. The van der Waals surface area contributed by atoms with E-state index in [2.05, 4.69) is 15.4 Å². The fourth-order valence-electron chi connectivity index (χ4n) is 2.83. The SMILES string of the molecule is CC(OC(=O)c1cnc2c(cnn2C(C)C)c1)C(=O)NCCc1ccccc1. The fraction of sp³-hybridized carbons (Fsp3) is 0.333. The summed E-state index contributed by atoms with van der Waals surface area (Å²) in [6.45, 7) is 6.05. The molecule has 0 aliphatic rings. The predicted octanol–water partition coefficient (Wildman–Crippen LogP) is 2.92. The van der Waals surface area contributed by atoms with E-state index < -0.39 is 12.1 Å². The topological polar surface area (TPSA) is 86.1 Å². The van der Waals surface area contributed by atoms with Gasteiger partial charge in [0.2, 0.25) is 0 Å². The number of nitrogens with one attached hydrogen (secondary N) is 1. The van der Waals surface area contributed by atoms with Crippen molar-refractivity contribution in [2.45, 2.75) is 39.3 Å². The summed E-state index contributed by atoms with van der Waals surface area (Å²) in [5, 5.41) is 7.82. The number of nitrogens with zero attached hydrogens (tertiary/aromatic N) is 3. The number of carbonyl (C=O) groups excluding carboxylic acids is 2. The molecule has 0 aliphatic heterocycles. The third-order valence-electron chi connectivity index (χ3n) is 4.37. The Labute approximate surface area is 163 Å². The van der Waals surface area contributed by atoms with Crippen molar-refractivity contribution >= 4 is 22.9 Å². The van der Waals surface area contributed by atoms with E-state index in [0.717, 1.165) is 10.9 Å². The van der Waals surface area contributed by atoms with Crippen molar-refractivity contribution in [2.75, 3.05) is 6.54 Å². The van der Waals surface area contributed by atoms with Crippen LogP contribution in [-0.4, -0.2) is 39.3 Å². The summed E-state index contributed by atoms with van der Waals surface area (Å²) in [6, 6.07) is 11.7. The standard InChI is InChI=1S/C21H24N4O3/c1-14(2)25-19-17(13-24-25)11-18(12-23-19)21(27)28-15(3)20(26)22-10-9-16-7-5-4-6-8-16/h4-8,11-15H,9-10H2,1-3H3,(H,22,26). The molecule has 0 radical (unpaired) electrons. The van der Waals surface area contributed by atoms with E-state index in [1.807, 2.05) is 44.2 Å². The van der Waals surface area contributed by atoms with E-state index in [-0.39, 0.29) is 11.9 Å². The number of amides is 1. The van der Waals surface area contributed by atoms with Crippen LogP contribution in [0.3, 0.4) is 0 Å². The first-order valence-corrected chi connectivity index (χ1v) is 9.31. The van der Waals surface area contributed by atoms with Crippen LogP contribution < -0.4 is 5.32 Å². The Morgan fingerprint density at radius 1 is 1.14 bits per heavy atom. The first-order chi connectivity index (χ1) is 13.5. The Hall–Kier alpha value is -3.22. The summed E-state index contributed by atoms with van der Waals surface area (Å²) in [7, 11) is 0. The van der Waals surface area contributed by atoms with Crippen LogP contribution in [0, 0.1) is 0 Å². The van der Waals surface area contributed by atoms with Crippen molar-refractivity contribution in [1.82, 2.24) is 20.1 Å². The molecule has 1 amide bonds. The maximum Gasteiger partial charge on any atom is 0.340 e. The van der Waals surface area contributed by atoms with Gasteiger partial charge < -0.3 is 10.1 Å². The van der Waals surface area contributed by atoms with Gasteiger partial charge in [-0.15, -0.1) is 0 Å². The van der Waals surface area contributed by atoms with Gasteiger partial charge in [0.1, 0.15) is 0 Å². The second-order valence-corrected chi connectivity index (χ2v) is 6.89. The van der Waals surface area contributed by atoms with Gasteiger partial charge >= 0.3 is 5.97 Å². The van der Waals surface area contributed by atoms with Crippen molar-refractivity contribution < 1.29 is 14.3 Å². The highest BCUT2D eigenvalue weighted by molar-refractivity contribution is 5.94. The number of aromatic nitrogens is 3. The van der Waals surface area contributed by atoms with Crippen molar-refractivity contribution in [3.63, 3.8) is 0 Å². The number of hydrogen-bond acceptors (Lipinski definition) is 5. The lowest BCUT2D eigenvalue weighted by atomic mass is 10.1. The molecule has 7 heteroatoms. The minimum absolute atomic E-state index is 0.169. The van der Waals surface area contributed by atoms with Gasteiger partial charge in [-0.2, -0.15) is 5.10 Å². The van der Waals surface area contributed by atoms with E-state index in [9.17, 15) is 9.59 Å². The minimum atomic E-state index is -0.891. The summed E-state index contributed by atoms with van der Waals surface area (Å²) in [5.74, 6) is -0.914. The van der Waals surface area contributed by atoms with Gasteiger partial charge in [-0.3, -0.25) is 4.79 Å². The lowest BCUT2D eigenvalue weighted by Gasteiger charge is -2.13. The molecule has 7 nitrogen and oxygen atoms in total. The smallest absolute Gasteiger partial charge is 0.340 e. The number of esters is 1. The highest BCUT2D eigenvalue weighted by atomic mass is 16.5. The molecule has 0 spiro atoms. The zero-order valence-corrected chi connectivity index (χ0v) is 16.3. The van der Waals surface area contributed by atoms with Gasteiger partial charge in [0.15, 0.2) is 11.8 Å². The van der Waals surface area contributed by atoms with Gasteiger partial charge in [-0.05, 0) is 38.8 Å². The lowest BCUT2D eigenvalue weighted by Crippen LogP contribution is -2.36. The van der Waals surface area contributed by atoms with E-state index >= 15 is 0 Å². The number of fused-ring (bicyclic) bond motifs is 1. The summed E-state index contributed by atoms with van der Waals surface area (Å²) in [5.41, 5.74) is 2.13. The number of rotatable bonds is 7. The third-order valence-corrected chi connectivity index (χ3v) is 4.37. The molecule has 1 N–H and O–H groups in total. The molecule has 3 aromatic rings. The molecule has 0 saturated carbocycles. The summed E-state index contributed by atoms with van der Waals surface area (Å²) in [4.78, 5) is 28.9. The van der Waals surface area contributed by atoms with Gasteiger partial charge in [0, 0.05) is 24.2 Å². The second kappa shape index (κ2) is 8.65. The molecule has 1 unspecified atom stereocenters. The Bertz CT molecular complexity index is 966. The van der Waals surface area contributed by atoms with Crippen LogP contribution in [0.25, 0.3) is 11.0 Å². The first-order valence-electron chi connectivity index (χ1n) is 9.31. The Kier molecular flexibility index (Phi) is 6.03. The average molecular weight is 380 g/mol. The summed E-state index contributed by atoms with van der Waals surface area (Å²) < 4.78 is 7.07. The molecule has 0 saturated heterocycles. The zero-order chi connectivity index (χ0) is 20.1. The van der Waals surface area contributed by atoms with Gasteiger partial charge in [0.25, 0.3) is 5.91 Å². The van der Waals surface area contributed by atoms with E-state index in [1.165, 1.54) is 6.20 Å². The number of hydrogen-bond donors (Lipinski definition) is 1. The summed E-state index contributed by atoms with van der Waals surface area (Å²) in [6.07, 6.45) is 2.94. The summed E-state index contributed by atoms with van der Waals surface area (Å²) >= 11 is 0. The zero-order valence-electron chi connectivity index (χ0n) is 16.3. The van der Waals surface area contributed by atoms with Gasteiger partial charge in [0.05, 0.1) is 11.8 Å². The predicted molar refractivity (Wildman–Crippen MR) is 106 cm³/mol. The van der Waals surface area contributed by atoms with Crippen LogP contribution in [0.5, 0.6) is 0 Å². The third kappa shape index (κ3) is 4.54. The molecule has 0 aliphatic carbocycles. The van der Waals surface area contributed by atoms with Gasteiger partial charge in [-0.1, -0.05) is 30.3 Å². The van der Waals surface area contributed by atoms with Crippen LogP contribution >= 0.6 is 0 Å². The van der Waals surface area contributed by atoms with Crippen LogP contribution in [0.1, 0.15) is 42.7 Å². The number of benzene rings is 1. The van der Waals surface area contributed by atoms with Crippen LogP contribution in [0.2, 0.25) is 0 Å². The highest BCUT2D eigenvalue weighted by Gasteiger charge is 2.20. The molecular formula is C21H24N4O3. The van der Waals surface area contributed by atoms with E-state index in [0.29, 0.717) is 24.2 Å². The van der Waals surface area contributed by atoms with Gasteiger partial charge in [-0.25, -0.2) is 14.5 Å². The Morgan fingerprint density at radius 3 is 2.61 bits per heavy atom. The van der Waals surface area contributed by atoms with Crippen molar-refractivity contribution in [3.8, 4) is 0 Å². The van der Waals surface area contributed by atoms with Crippen molar-refractivity contribution in [3.05, 3.63) is 59.9 Å². The molecular weight excluding hydrogens is 356 g/mol. The van der Waals surface area contributed by atoms with E-state index in [1.54, 1.807) is 23.9 Å². The average Bonchev–Trinajstić information content (AvgIpc) is 3.12. The van der Waals surface area contributed by atoms with E-state index in [4.69, 9.17) is 4.74 Å². The Balaban J connectivity index is 1.56. The second-order valence-electron chi connectivity index (χ2n) is 6.89. The molecule has 146 valence electrons. The van der Waals surface area contributed by atoms with Crippen LogP contribution in [0.15, 0.2) is 48.8 Å². The first kappa shape index (κ1) is 19.5. The van der Waals surface area contributed by atoms with Crippen molar-refractivity contribution in [1.29, 1.82) is 0 Å². The lowest BCUT2D eigenvalue weighted by molar-refractivity contribution is -0.129. The molecule has 28 heavy (non-hydrogen) atoms. The number of carbonyl (C=O) groups is 2. The molecule has 2 heterocycles. The molecule has 0 bridgehead atoms. The molecule has 3 rings (SSSR count). The van der Waals surface area contributed by atoms with Crippen LogP contribution in [-0.2, 0) is 16.0 Å². The number of ether oxygens (including phenoxy) is 1. The molecule has 1 atom stereocenters. The molecule has 0 fully saturated rings. The quantitative estimate of drug-likeness (QED) is 0.637. The normalized spacial score (nSPS) is 12.1. The number of pyridine rings is 1. The maximum absolute atomic E-state index is 12.4. The highest BCUT2D eigenvalue weighted by Crippen LogP contribution is 2.17. The maximum atomic E-state index is 12.4. The minimum Gasteiger partial charge on any atom is -0.449 e. The fourth-order valence-corrected chi connectivity index (χ4v) is 2.83. The Morgan fingerprint density at radius 2 is 1.89 bits per heavy atom. The largest absolute Gasteiger partial charge is 0.449 e.